The lowest BCUT2D eigenvalue weighted by molar-refractivity contribution is -0.136. The Kier molecular flexibility index (Phi) is 5.60. The first-order valence-electron chi connectivity index (χ1n) is 11.2. The number of likely N-dealkylation sites (tertiary alicyclic amines) is 1. The van der Waals surface area contributed by atoms with Crippen LogP contribution >= 0.6 is 0 Å². The number of carbonyl (C=O) groups is 3. The van der Waals surface area contributed by atoms with Crippen LogP contribution in [-0.4, -0.2) is 56.0 Å². The third kappa shape index (κ3) is 4.27. The normalized spacial score (nSPS) is 21.2. The Morgan fingerprint density at radius 1 is 1.18 bits per heavy atom. The fourth-order valence-corrected chi connectivity index (χ4v) is 4.59. The number of aliphatic hydroxyl groups is 1. The number of nitrogens with zero attached hydrogens (tertiary/aromatic N) is 3. The number of rotatable bonds is 2. The van der Waals surface area contributed by atoms with Crippen molar-refractivity contribution in [3.8, 4) is 0 Å². The minimum absolute atomic E-state index is 0.170. The van der Waals surface area contributed by atoms with Crippen LogP contribution in [0.15, 0.2) is 23.0 Å². The maximum atomic E-state index is 13.0. The molecule has 0 radical (unpaired) electrons. The topological polar surface area (TPSA) is 123 Å². The summed E-state index contributed by atoms with van der Waals surface area (Å²) in [5.41, 5.74) is -0.823. The van der Waals surface area contributed by atoms with Gasteiger partial charge in [0.15, 0.2) is 0 Å². The van der Waals surface area contributed by atoms with Gasteiger partial charge in [-0.1, -0.05) is 6.07 Å². The Hall–Kier alpha value is -3.14. The predicted molar refractivity (Wildman–Crippen MR) is 120 cm³/mol. The summed E-state index contributed by atoms with van der Waals surface area (Å²) in [6, 6.07) is 4.38. The van der Waals surface area contributed by atoms with Crippen molar-refractivity contribution >= 4 is 28.8 Å². The number of aryl methyl sites for hydroxylation is 1. The van der Waals surface area contributed by atoms with Crippen LogP contribution in [0.5, 0.6) is 0 Å². The predicted octanol–water partition coefficient (Wildman–Crippen LogP) is 1.54. The second-order valence-electron chi connectivity index (χ2n) is 9.87. The monoisotopic (exact) mass is 458 g/mol. The van der Waals surface area contributed by atoms with Crippen LogP contribution in [0.3, 0.4) is 0 Å². The molecule has 10 heteroatoms. The molecule has 0 saturated carbocycles. The average molecular weight is 459 g/mol. The number of carbonyl (C=O) groups excluding carboxylic acids is 3. The molecule has 178 valence electrons. The van der Waals surface area contributed by atoms with Crippen molar-refractivity contribution in [3.63, 3.8) is 0 Å². The molecule has 2 aliphatic rings. The molecule has 2 N–H and O–H groups in total. The molecule has 1 unspecified atom stereocenters. The number of ether oxygens (including phenoxy) is 1. The number of imide groups is 1. The number of hydrogen-bond donors (Lipinski definition) is 2. The van der Waals surface area contributed by atoms with Crippen LogP contribution in [0.2, 0.25) is 0 Å². The van der Waals surface area contributed by atoms with Crippen LogP contribution in [0.25, 0.3) is 10.9 Å². The van der Waals surface area contributed by atoms with E-state index in [9.17, 15) is 24.3 Å². The highest BCUT2D eigenvalue weighted by Crippen LogP contribution is 2.35. The highest BCUT2D eigenvalue weighted by Gasteiger charge is 2.37. The number of amides is 3. The first-order valence-corrected chi connectivity index (χ1v) is 11.2. The summed E-state index contributed by atoms with van der Waals surface area (Å²) in [6.07, 6.45) is 0.693. The molecule has 10 nitrogen and oxygen atoms in total. The molecular formula is C23H30N4O6. The molecule has 0 bridgehead atoms. The highest BCUT2D eigenvalue weighted by atomic mass is 16.6. The Morgan fingerprint density at radius 3 is 2.45 bits per heavy atom. The summed E-state index contributed by atoms with van der Waals surface area (Å²) in [5.74, 6) is -0.835. The number of piperidine rings is 2. The minimum atomic E-state index is -1.15. The van der Waals surface area contributed by atoms with E-state index in [2.05, 4.69) is 5.32 Å². The molecule has 2 saturated heterocycles. The van der Waals surface area contributed by atoms with E-state index >= 15 is 0 Å². The molecular weight excluding hydrogens is 428 g/mol. The molecule has 4 rings (SSSR count). The van der Waals surface area contributed by atoms with Crippen molar-refractivity contribution < 1.29 is 24.2 Å². The van der Waals surface area contributed by atoms with Gasteiger partial charge in [0.25, 0.3) is 11.5 Å². The Balaban J connectivity index is 1.59. The Morgan fingerprint density at radius 2 is 1.85 bits per heavy atom. The third-order valence-corrected chi connectivity index (χ3v) is 6.39. The molecule has 1 atom stereocenters. The van der Waals surface area contributed by atoms with Gasteiger partial charge in [0.05, 0.1) is 16.5 Å². The Labute approximate surface area is 191 Å². The molecule has 3 amide bonds. The first kappa shape index (κ1) is 23.0. The van der Waals surface area contributed by atoms with Crippen LogP contribution < -0.4 is 10.9 Å². The zero-order valence-electron chi connectivity index (χ0n) is 19.4. The van der Waals surface area contributed by atoms with Gasteiger partial charge in [-0.2, -0.15) is 0 Å². The third-order valence-electron chi connectivity index (χ3n) is 6.39. The number of aromatic nitrogens is 2. The summed E-state index contributed by atoms with van der Waals surface area (Å²) < 4.78 is 8.40. The molecule has 0 aliphatic carbocycles. The minimum Gasteiger partial charge on any atom is -0.444 e. The van der Waals surface area contributed by atoms with Gasteiger partial charge in [-0.05, 0) is 57.7 Å². The molecule has 2 aromatic rings. The molecule has 2 fully saturated rings. The van der Waals surface area contributed by atoms with E-state index < -0.39 is 29.2 Å². The molecule has 33 heavy (non-hydrogen) atoms. The van der Waals surface area contributed by atoms with Gasteiger partial charge in [-0.3, -0.25) is 24.4 Å². The van der Waals surface area contributed by atoms with Crippen LogP contribution in [0, 0.1) is 0 Å². The lowest BCUT2D eigenvalue weighted by atomic mass is 9.84. The lowest BCUT2D eigenvalue weighted by Gasteiger charge is -2.39. The van der Waals surface area contributed by atoms with Gasteiger partial charge in [0, 0.05) is 26.6 Å². The van der Waals surface area contributed by atoms with E-state index in [-0.39, 0.29) is 24.3 Å². The van der Waals surface area contributed by atoms with Gasteiger partial charge in [0.1, 0.15) is 11.6 Å². The second kappa shape index (κ2) is 8.02. The molecule has 1 aromatic heterocycles. The van der Waals surface area contributed by atoms with E-state index in [4.69, 9.17) is 4.74 Å². The second-order valence-corrected chi connectivity index (χ2v) is 9.87. The number of fused-ring (bicyclic) bond motifs is 1. The summed E-state index contributed by atoms with van der Waals surface area (Å²) in [4.78, 5) is 50.8. The summed E-state index contributed by atoms with van der Waals surface area (Å²) in [7, 11) is 1.69. The first-order chi connectivity index (χ1) is 15.4. The highest BCUT2D eigenvalue weighted by molar-refractivity contribution is 5.99. The van der Waals surface area contributed by atoms with Crippen molar-refractivity contribution in [1.29, 1.82) is 0 Å². The summed E-state index contributed by atoms with van der Waals surface area (Å²) >= 11 is 0. The Bertz CT molecular complexity index is 1180. The lowest BCUT2D eigenvalue weighted by Crippen LogP contribution is -2.46. The van der Waals surface area contributed by atoms with Gasteiger partial charge in [-0.25, -0.2) is 9.48 Å². The molecule has 1 aromatic carbocycles. The largest absolute Gasteiger partial charge is 0.444 e. The average Bonchev–Trinajstić information content (AvgIpc) is 2.97. The van der Waals surface area contributed by atoms with E-state index in [0.717, 1.165) is 0 Å². The van der Waals surface area contributed by atoms with E-state index in [1.165, 1.54) is 4.68 Å². The molecule has 3 heterocycles. The van der Waals surface area contributed by atoms with Crippen molar-refractivity contribution in [2.45, 2.75) is 63.7 Å². The van der Waals surface area contributed by atoms with E-state index in [1.807, 2.05) is 20.8 Å². The van der Waals surface area contributed by atoms with Crippen LogP contribution in [0.1, 0.15) is 58.1 Å². The SMILES string of the molecule is Cn1c2cc(C3(O)CCN(C(=O)OC(C)(C)C)CC3)ccc2c(=O)n1C1CCC(=O)NC1=O. The zero-order chi connectivity index (χ0) is 24.1. The van der Waals surface area contributed by atoms with Crippen molar-refractivity contribution in [1.82, 2.24) is 19.6 Å². The summed E-state index contributed by atoms with van der Waals surface area (Å²) in [5, 5.41) is 14.1. The number of hydrogen-bond acceptors (Lipinski definition) is 6. The number of benzene rings is 1. The van der Waals surface area contributed by atoms with Gasteiger partial charge >= 0.3 is 6.09 Å². The van der Waals surface area contributed by atoms with Crippen LogP contribution in [0.4, 0.5) is 4.79 Å². The fourth-order valence-electron chi connectivity index (χ4n) is 4.59. The van der Waals surface area contributed by atoms with Gasteiger partial charge < -0.3 is 14.7 Å². The van der Waals surface area contributed by atoms with E-state index in [0.29, 0.717) is 42.4 Å². The standard InChI is InChI=1S/C23H30N4O6/c1-22(2,3)33-21(31)26-11-9-23(32,10-12-26)14-5-6-15-17(13-14)25(4)27(20(15)30)16-7-8-18(28)24-19(16)29/h5-6,13,16,32H,7-12H2,1-4H3,(H,24,28,29). The summed E-state index contributed by atoms with van der Waals surface area (Å²) in [6.45, 7) is 6.13. The van der Waals surface area contributed by atoms with Gasteiger partial charge in [-0.15, -0.1) is 0 Å². The fraction of sp³-hybridized carbons (Fsp3) is 0.565. The van der Waals surface area contributed by atoms with E-state index in [1.54, 1.807) is 34.8 Å². The van der Waals surface area contributed by atoms with Crippen molar-refractivity contribution in [2.24, 2.45) is 7.05 Å². The maximum Gasteiger partial charge on any atom is 0.410 e. The van der Waals surface area contributed by atoms with Crippen LogP contribution in [-0.2, 0) is 27.0 Å². The molecule has 0 spiro atoms. The van der Waals surface area contributed by atoms with Crippen molar-refractivity contribution in [3.05, 3.63) is 34.1 Å². The molecule has 2 aliphatic heterocycles. The maximum absolute atomic E-state index is 13.0. The van der Waals surface area contributed by atoms with Gasteiger partial charge in [0.2, 0.25) is 5.91 Å². The zero-order valence-corrected chi connectivity index (χ0v) is 19.4. The quantitative estimate of drug-likeness (QED) is 0.658. The smallest absolute Gasteiger partial charge is 0.410 e. The van der Waals surface area contributed by atoms with Crippen molar-refractivity contribution in [2.75, 3.05) is 13.1 Å². The number of nitrogens with one attached hydrogen (secondary N) is 1.